The lowest BCUT2D eigenvalue weighted by atomic mass is 9.97. The first kappa shape index (κ1) is 18.8. The number of hydrogen-bond acceptors (Lipinski definition) is 5. The molecule has 0 aromatic heterocycles. The van der Waals surface area contributed by atoms with Crippen molar-refractivity contribution < 1.29 is 14.3 Å². The molecule has 1 aliphatic rings. The van der Waals surface area contributed by atoms with Crippen molar-refractivity contribution in [1.82, 2.24) is 10.2 Å². The van der Waals surface area contributed by atoms with Gasteiger partial charge in [0.2, 0.25) is 0 Å². The minimum absolute atomic E-state index is 0.229. The standard InChI is InChI=1S/C17H26ClN3O3/c1-20-8-12-4-3-5-21(9-12)10-13-6-14(18)17(15(7-13)23-2)24-11-16(19)22/h6-7,12,20H,3-5,8-11H2,1-2H3,(H2,19,22). The number of amides is 1. The number of benzene rings is 1. The van der Waals surface area contributed by atoms with E-state index < -0.39 is 5.91 Å². The highest BCUT2D eigenvalue weighted by Crippen LogP contribution is 2.37. The molecular formula is C17H26ClN3O3. The van der Waals surface area contributed by atoms with Gasteiger partial charge in [-0.2, -0.15) is 0 Å². The van der Waals surface area contributed by atoms with E-state index in [1.165, 1.54) is 12.8 Å². The number of primary amides is 1. The number of halogens is 1. The average molecular weight is 356 g/mol. The first-order valence-electron chi connectivity index (χ1n) is 8.18. The van der Waals surface area contributed by atoms with Crippen molar-refractivity contribution in [3.8, 4) is 11.5 Å². The molecule has 1 aromatic rings. The van der Waals surface area contributed by atoms with E-state index in [4.69, 9.17) is 26.8 Å². The normalized spacial score (nSPS) is 18.4. The molecule has 0 saturated carbocycles. The second-order valence-electron chi connectivity index (χ2n) is 6.17. The number of piperidine rings is 1. The number of nitrogens with two attached hydrogens (primary N) is 1. The van der Waals surface area contributed by atoms with Gasteiger partial charge in [-0.25, -0.2) is 0 Å². The van der Waals surface area contributed by atoms with Crippen molar-refractivity contribution in [3.63, 3.8) is 0 Å². The highest BCUT2D eigenvalue weighted by atomic mass is 35.5. The van der Waals surface area contributed by atoms with Crippen LogP contribution >= 0.6 is 11.6 Å². The minimum Gasteiger partial charge on any atom is -0.493 e. The van der Waals surface area contributed by atoms with Crippen LogP contribution in [0.1, 0.15) is 18.4 Å². The van der Waals surface area contributed by atoms with Gasteiger partial charge < -0.3 is 20.5 Å². The zero-order chi connectivity index (χ0) is 17.5. The van der Waals surface area contributed by atoms with Crippen molar-refractivity contribution in [2.24, 2.45) is 11.7 Å². The Morgan fingerprint density at radius 3 is 2.96 bits per heavy atom. The maximum Gasteiger partial charge on any atom is 0.255 e. The van der Waals surface area contributed by atoms with E-state index in [0.717, 1.165) is 31.7 Å². The fraction of sp³-hybridized carbons (Fsp3) is 0.588. The van der Waals surface area contributed by atoms with Crippen molar-refractivity contribution in [2.45, 2.75) is 19.4 Å². The lowest BCUT2D eigenvalue weighted by Crippen LogP contribution is -2.38. The van der Waals surface area contributed by atoms with E-state index in [-0.39, 0.29) is 6.61 Å². The Hall–Kier alpha value is -1.50. The number of rotatable bonds is 8. The summed E-state index contributed by atoms with van der Waals surface area (Å²) in [6.45, 7) is 3.78. The molecule has 1 amide bonds. The Bertz CT molecular complexity index is 566. The molecule has 2 rings (SSSR count). The Balaban J connectivity index is 2.07. The number of ether oxygens (including phenoxy) is 2. The van der Waals surface area contributed by atoms with Crippen LogP contribution in [0.15, 0.2) is 12.1 Å². The SMILES string of the molecule is CNCC1CCCN(Cc2cc(Cl)c(OCC(N)=O)c(OC)c2)C1. The third kappa shape index (κ3) is 5.26. The topological polar surface area (TPSA) is 76.8 Å². The van der Waals surface area contributed by atoms with Gasteiger partial charge in [0.15, 0.2) is 18.1 Å². The Morgan fingerprint density at radius 2 is 2.29 bits per heavy atom. The van der Waals surface area contributed by atoms with Crippen LogP contribution in [0.4, 0.5) is 0 Å². The molecule has 1 atom stereocenters. The van der Waals surface area contributed by atoms with Crippen molar-refractivity contribution in [3.05, 3.63) is 22.7 Å². The van der Waals surface area contributed by atoms with Crippen molar-refractivity contribution >= 4 is 17.5 Å². The van der Waals surface area contributed by atoms with Gasteiger partial charge >= 0.3 is 0 Å². The number of nitrogens with zero attached hydrogens (tertiary/aromatic N) is 1. The number of likely N-dealkylation sites (tertiary alicyclic amines) is 1. The Kier molecular flexibility index (Phi) is 7.15. The van der Waals surface area contributed by atoms with E-state index in [0.29, 0.717) is 22.4 Å². The molecule has 0 radical (unpaired) electrons. The molecule has 1 fully saturated rings. The second-order valence-corrected chi connectivity index (χ2v) is 6.57. The number of nitrogens with one attached hydrogen (secondary N) is 1. The zero-order valence-electron chi connectivity index (χ0n) is 14.3. The number of hydrogen-bond donors (Lipinski definition) is 2. The first-order valence-corrected chi connectivity index (χ1v) is 8.55. The number of methoxy groups -OCH3 is 1. The summed E-state index contributed by atoms with van der Waals surface area (Å²) in [5.74, 6) is 0.997. The predicted octanol–water partition coefficient (Wildman–Crippen LogP) is 1.64. The first-order chi connectivity index (χ1) is 11.5. The molecule has 6 nitrogen and oxygen atoms in total. The predicted molar refractivity (Wildman–Crippen MR) is 94.6 cm³/mol. The van der Waals surface area contributed by atoms with Crippen LogP contribution in [0, 0.1) is 5.92 Å². The molecule has 0 bridgehead atoms. The van der Waals surface area contributed by atoms with E-state index in [2.05, 4.69) is 10.2 Å². The highest BCUT2D eigenvalue weighted by Gasteiger charge is 2.20. The second kappa shape index (κ2) is 9.11. The lowest BCUT2D eigenvalue weighted by Gasteiger charge is -2.32. The van der Waals surface area contributed by atoms with Gasteiger partial charge in [0, 0.05) is 13.1 Å². The van der Waals surface area contributed by atoms with Crippen LogP contribution < -0.4 is 20.5 Å². The highest BCUT2D eigenvalue weighted by molar-refractivity contribution is 6.32. The Labute approximate surface area is 148 Å². The number of carbonyl (C=O) groups excluding carboxylic acids is 1. The molecule has 1 unspecified atom stereocenters. The molecule has 0 spiro atoms. The van der Waals surface area contributed by atoms with Gasteiger partial charge in [-0.3, -0.25) is 9.69 Å². The Morgan fingerprint density at radius 1 is 1.50 bits per heavy atom. The number of carbonyl (C=O) groups is 1. The van der Waals surface area contributed by atoms with Gasteiger partial charge in [-0.05, 0) is 56.6 Å². The molecular weight excluding hydrogens is 330 g/mol. The van der Waals surface area contributed by atoms with E-state index >= 15 is 0 Å². The van der Waals surface area contributed by atoms with Gasteiger partial charge in [0.05, 0.1) is 12.1 Å². The summed E-state index contributed by atoms with van der Waals surface area (Å²) in [4.78, 5) is 13.3. The molecule has 1 heterocycles. The quantitative estimate of drug-likeness (QED) is 0.741. The van der Waals surface area contributed by atoms with Crippen molar-refractivity contribution in [2.75, 3.05) is 40.4 Å². The zero-order valence-corrected chi connectivity index (χ0v) is 15.1. The van der Waals surface area contributed by atoms with Gasteiger partial charge in [0.1, 0.15) is 0 Å². The molecule has 134 valence electrons. The van der Waals surface area contributed by atoms with Crippen LogP contribution in [0.2, 0.25) is 5.02 Å². The molecule has 3 N–H and O–H groups in total. The fourth-order valence-corrected chi connectivity index (χ4v) is 3.44. The molecule has 1 saturated heterocycles. The molecule has 24 heavy (non-hydrogen) atoms. The lowest BCUT2D eigenvalue weighted by molar-refractivity contribution is -0.119. The molecule has 0 aliphatic carbocycles. The van der Waals surface area contributed by atoms with Crippen LogP contribution in [0.25, 0.3) is 0 Å². The van der Waals surface area contributed by atoms with E-state index in [9.17, 15) is 4.79 Å². The van der Waals surface area contributed by atoms with Crippen LogP contribution in [0.5, 0.6) is 11.5 Å². The van der Waals surface area contributed by atoms with E-state index in [1.54, 1.807) is 7.11 Å². The van der Waals surface area contributed by atoms with Gasteiger partial charge in [-0.1, -0.05) is 11.6 Å². The maximum absolute atomic E-state index is 10.9. The third-order valence-electron chi connectivity index (χ3n) is 4.15. The van der Waals surface area contributed by atoms with Crippen LogP contribution in [0.3, 0.4) is 0 Å². The smallest absolute Gasteiger partial charge is 0.255 e. The third-order valence-corrected chi connectivity index (χ3v) is 4.43. The summed E-state index contributed by atoms with van der Waals surface area (Å²) in [6.07, 6.45) is 2.47. The minimum atomic E-state index is -0.555. The van der Waals surface area contributed by atoms with Gasteiger partial charge in [-0.15, -0.1) is 0 Å². The van der Waals surface area contributed by atoms with Crippen LogP contribution in [-0.2, 0) is 11.3 Å². The maximum atomic E-state index is 10.9. The summed E-state index contributed by atoms with van der Waals surface area (Å²) < 4.78 is 10.7. The van der Waals surface area contributed by atoms with Crippen LogP contribution in [-0.4, -0.2) is 51.2 Å². The summed E-state index contributed by atoms with van der Waals surface area (Å²) in [6, 6.07) is 3.77. The molecule has 7 heteroatoms. The summed E-state index contributed by atoms with van der Waals surface area (Å²) in [5, 5.41) is 3.68. The molecule has 1 aromatic carbocycles. The monoisotopic (exact) mass is 355 g/mol. The average Bonchev–Trinajstić information content (AvgIpc) is 2.54. The summed E-state index contributed by atoms with van der Waals surface area (Å²) in [5.41, 5.74) is 6.18. The molecule has 1 aliphatic heterocycles. The summed E-state index contributed by atoms with van der Waals surface area (Å²) in [7, 11) is 3.55. The van der Waals surface area contributed by atoms with E-state index in [1.807, 2.05) is 19.2 Å². The summed E-state index contributed by atoms with van der Waals surface area (Å²) >= 11 is 6.31. The largest absolute Gasteiger partial charge is 0.493 e. The fourth-order valence-electron chi connectivity index (χ4n) is 3.16. The van der Waals surface area contributed by atoms with Gasteiger partial charge in [0.25, 0.3) is 5.91 Å². The van der Waals surface area contributed by atoms with Crippen molar-refractivity contribution in [1.29, 1.82) is 0 Å².